The zero-order valence-corrected chi connectivity index (χ0v) is 19.4. The minimum absolute atomic E-state index is 0.0528. The molecule has 0 aliphatic carbocycles. The summed E-state index contributed by atoms with van der Waals surface area (Å²) in [5.41, 5.74) is -7.75. The van der Waals surface area contributed by atoms with Gasteiger partial charge in [-0.05, 0) is 25.1 Å². The Morgan fingerprint density at radius 1 is 1.03 bits per heavy atom. The van der Waals surface area contributed by atoms with E-state index in [1.165, 1.54) is 12.3 Å². The Kier molecular flexibility index (Phi) is 7.15. The molecule has 0 saturated heterocycles. The lowest BCUT2D eigenvalue weighted by Gasteiger charge is -2.30. The number of esters is 1. The molecule has 3 rings (SSSR count). The van der Waals surface area contributed by atoms with Crippen molar-refractivity contribution in [1.29, 1.82) is 0 Å². The van der Waals surface area contributed by atoms with Gasteiger partial charge in [0.1, 0.15) is 15.7 Å². The molecule has 0 saturated carbocycles. The summed E-state index contributed by atoms with van der Waals surface area (Å²) < 4.78 is 98.5. The summed E-state index contributed by atoms with van der Waals surface area (Å²) in [5, 5.41) is 6.00. The van der Waals surface area contributed by atoms with Crippen LogP contribution in [0.25, 0.3) is 16.3 Å². The Labute approximate surface area is 205 Å². The number of nitrogens with zero attached hydrogens (tertiary/aromatic N) is 3. The summed E-state index contributed by atoms with van der Waals surface area (Å²) >= 11 is 18.7. The number of hydrogen-bond acceptors (Lipinski definition) is 5. The van der Waals surface area contributed by atoms with Gasteiger partial charge in [-0.3, -0.25) is 0 Å². The van der Waals surface area contributed by atoms with Gasteiger partial charge in [-0.25, -0.2) is 13.9 Å². The molecule has 0 amide bonds. The van der Waals surface area contributed by atoms with Crippen LogP contribution in [0, 0.1) is 0 Å². The Morgan fingerprint density at radius 2 is 1.59 bits per heavy atom. The highest BCUT2D eigenvalue weighted by Gasteiger charge is 2.73. The lowest BCUT2D eigenvalue weighted by molar-refractivity contribution is -0.348. The number of benzene rings is 1. The van der Waals surface area contributed by atoms with E-state index in [4.69, 9.17) is 39.5 Å². The predicted octanol–water partition coefficient (Wildman–Crippen LogP) is 7.42. The smallest absolute Gasteiger partial charge is 0.435 e. The van der Waals surface area contributed by atoms with Gasteiger partial charge in [-0.1, -0.05) is 40.0 Å². The fourth-order valence-electron chi connectivity index (χ4n) is 2.80. The lowest BCUT2D eigenvalue weighted by atomic mass is 9.94. The molecule has 0 N–H and O–H groups in total. The molecule has 16 heteroatoms. The van der Waals surface area contributed by atoms with E-state index in [0.717, 1.165) is 16.0 Å². The minimum atomic E-state index is -6.34. The molecule has 0 fully saturated rings. The summed E-state index contributed by atoms with van der Waals surface area (Å²) in [7, 11) is 0. The largest absolute Gasteiger partial charge is 0.462 e. The van der Waals surface area contributed by atoms with Crippen molar-refractivity contribution in [3.8, 4) is 16.3 Å². The van der Waals surface area contributed by atoms with Crippen LogP contribution in [0.15, 0.2) is 24.4 Å². The number of ether oxygens (including phenoxy) is 1. The summed E-state index contributed by atoms with van der Waals surface area (Å²) in [6.45, 7) is 1.70. The fraction of sp³-hybridized carbons (Fsp3) is 0.278. The van der Waals surface area contributed by atoms with E-state index < -0.39 is 39.6 Å². The number of carbonyl (C=O) groups is 1. The second-order valence-corrected chi connectivity index (χ2v) is 8.98. The van der Waals surface area contributed by atoms with Gasteiger partial charge in [0.2, 0.25) is 0 Å². The topological polar surface area (TPSA) is 57.0 Å². The maximum atomic E-state index is 14.4. The van der Waals surface area contributed by atoms with Gasteiger partial charge in [-0.15, -0.1) is 16.4 Å². The third kappa shape index (κ3) is 4.58. The monoisotopic (exact) mass is 569 g/mol. The maximum Gasteiger partial charge on any atom is 0.435 e. The van der Waals surface area contributed by atoms with Crippen LogP contribution < -0.4 is 0 Å². The molecular formula is C18H9Cl3F7N3O2S. The Morgan fingerprint density at radius 3 is 2.09 bits per heavy atom. The molecule has 0 spiro atoms. The first-order valence-corrected chi connectivity index (χ1v) is 10.8. The second-order valence-electron chi connectivity index (χ2n) is 6.51. The quantitative estimate of drug-likeness (QED) is 0.237. The number of thiophene rings is 1. The van der Waals surface area contributed by atoms with Crippen LogP contribution in [0.4, 0.5) is 30.7 Å². The normalized spacial score (nSPS) is 12.8. The molecule has 0 bridgehead atoms. The summed E-state index contributed by atoms with van der Waals surface area (Å²) in [6.07, 6.45) is -11.5. The standard InChI is InChI=1S/C18H9Cl3F7N3O2S/c1-2-33-15(32)8-5-12(34-14(8)21)11-6-31(30-29-11)13-9(19)3-7(4-10(13)20)16(22,17(23,24)25)18(26,27)28/h3-6H,2H2,1H3. The molecule has 0 radical (unpaired) electrons. The Bertz CT molecular complexity index is 1200. The van der Waals surface area contributed by atoms with Crippen LogP contribution in [-0.4, -0.2) is 39.9 Å². The molecule has 0 unspecified atom stereocenters. The molecule has 34 heavy (non-hydrogen) atoms. The first-order valence-electron chi connectivity index (χ1n) is 8.83. The zero-order valence-electron chi connectivity index (χ0n) is 16.4. The number of alkyl halides is 7. The molecule has 3 aromatic rings. The molecule has 2 aromatic heterocycles. The molecule has 0 aliphatic rings. The number of halogens is 10. The van der Waals surface area contributed by atoms with Crippen molar-refractivity contribution >= 4 is 52.1 Å². The number of rotatable bonds is 5. The minimum Gasteiger partial charge on any atom is -0.462 e. The van der Waals surface area contributed by atoms with E-state index in [2.05, 4.69) is 10.3 Å². The number of hydrogen-bond donors (Lipinski definition) is 0. The third-order valence-corrected chi connectivity index (χ3v) is 6.31. The van der Waals surface area contributed by atoms with Crippen LogP contribution in [-0.2, 0) is 10.4 Å². The molecular weight excluding hydrogens is 562 g/mol. The first-order chi connectivity index (χ1) is 15.6. The van der Waals surface area contributed by atoms with E-state index >= 15 is 0 Å². The summed E-state index contributed by atoms with van der Waals surface area (Å²) in [6, 6.07) is 1.67. The van der Waals surface area contributed by atoms with Gasteiger partial charge in [0, 0.05) is 5.56 Å². The average Bonchev–Trinajstić information content (AvgIpc) is 3.32. The van der Waals surface area contributed by atoms with Crippen molar-refractivity contribution < 1.29 is 40.3 Å². The van der Waals surface area contributed by atoms with Crippen molar-refractivity contribution in [2.24, 2.45) is 0 Å². The summed E-state index contributed by atoms with van der Waals surface area (Å²) in [5.74, 6) is -0.687. The zero-order chi connectivity index (χ0) is 25.6. The lowest BCUT2D eigenvalue weighted by Crippen LogP contribution is -2.50. The van der Waals surface area contributed by atoms with E-state index in [1.54, 1.807) is 6.92 Å². The SMILES string of the molecule is CCOC(=O)c1cc(-c2cn(-c3c(Cl)cc(C(F)(C(F)(F)F)C(F)(F)F)cc3Cl)nn2)sc1Cl. The van der Waals surface area contributed by atoms with Gasteiger partial charge >= 0.3 is 24.0 Å². The second kappa shape index (κ2) is 9.17. The average molecular weight is 571 g/mol. The molecule has 0 atom stereocenters. The molecule has 2 heterocycles. The van der Waals surface area contributed by atoms with Crippen molar-refractivity contribution in [2.75, 3.05) is 6.61 Å². The van der Waals surface area contributed by atoms with E-state index in [0.29, 0.717) is 4.88 Å². The highest BCUT2D eigenvalue weighted by atomic mass is 35.5. The van der Waals surface area contributed by atoms with Crippen LogP contribution >= 0.6 is 46.1 Å². The van der Waals surface area contributed by atoms with E-state index in [1.807, 2.05) is 0 Å². The first kappa shape index (κ1) is 26.5. The van der Waals surface area contributed by atoms with Crippen LogP contribution in [0.1, 0.15) is 22.8 Å². The molecule has 0 aliphatic heterocycles. The van der Waals surface area contributed by atoms with E-state index in [9.17, 15) is 35.5 Å². The van der Waals surface area contributed by atoms with Gasteiger partial charge in [0.25, 0.3) is 0 Å². The highest BCUT2D eigenvalue weighted by molar-refractivity contribution is 7.19. The highest BCUT2D eigenvalue weighted by Crippen LogP contribution is 2.54. The van der Waals surface area contributed by atoms with Gasteiger partial charge in [-0.2, -0.15) is 26.3 Å². The van der Waals surface area contributed by atoms with Crippen molar-refractivity contribution in [3.63, 3.8) is 0 Å². The van der Waals surface area contributed by atoms with Crippen LogP contribution in [0.5, 0.6) is 0 Å². The Balaban J connectivity index is 2.04. The van der Waals surface area contributed by atoms with Gasteiger partial charge in [0.15, 0.2) is 0 Å². The fourth-order valence-corrected chi connectivity index (χ4v) is 4.66. The molecule has 1 aromatic carbocycles. The number of aromatic nitrogens is 3. The molecule has 184 valence electrons. The van der Waals surface area contributed by atoms with Gasteiger partial charge < -0.3 is 4.74 Å². The van der Waals surface area contributed by atoms with E-state index in [-0.39, 0.29) is 40.0 Å². The van der Waals surface area contributed by atoms with Crippen molar-refractivity contribution in [3.05, 3.63) is 49.9 Å². The van der Waals surface area contributed by atoms with Crippen LogP contribution in [0.3, 0.4) is 0 Å². The third-order valence-electron chi connectivity index (χ3n) is 4.35. The maximum absolute atomic E-state index is 14.4. The van der Waals surface area contributed by atoms with Crippen molar-refractivity contribution in [1.82, 2.24) is 15.0 Å². The van der Waals surface area contributed by atoms with Crippen molar-refractivity contribution in [2.45, 2.75) is 24.9 Å². The predicted molar refractivity (Wildman–Crippen MR) is 111 cm³/mol. The van der Waals surface area contributed by atoms with Crippen LogP contribution in [0.2, 0.25) is 14.4 Å². The summed E-state index contributed by atoms with van der Waals surface area (Å²) in [4.78, 5) is 12.2. The molecule has 5 nitrogen and oxygen atoms in total. The number of carbonyl (C=O) groups excluding carboxylic acids is 1. The Hall–Kier alpha value is -2.09. The van der Waals surface area contributed by atoms with Gasteiger partial charge in [0.05, 0.1) is 33.3 Å².